The third kappa shape index (κ3) is 2.28. The maximum Gasteiger partial charge on any atom is 0.243 e. The molecular weight excluding hydrogens is 272 g/mol. The molecule has 20 heavy (non-hydrogen) atoms. The van der Waals surface area contributed by atoms with Crippen LogP contribution in [0.3, 0.4) is 0 Å². The van der Waals surface area contributed by atoms with Gasteiger partial charge in [-0.3, -0.25) is 0 Å². The molecule has 4 nitrogen and oxygen atoms in total. The molecule has 2 unspecified atom stereocenters. The second-order valence-electron chi connectivity index (χ2n) is 5.83. The largest absolute Gasteiger partial charge is 0.326 e. The predicted molar refractivity (Wildman–Crippen MR) is 78.6 cm³/mol. The smallest absolute Gasteiger partial charge is 0.243 e. The zero-order valence-electron chi connectivity index (χ0n) is 11.7. The average Bonchev–Trinajstić information content (AvgIpc) is 2.92. The van der Waals surface area contributed by atoms with Gasteiger partial charge in [0.25, 0.3) is 0 Å². The van der Waals surface area contributed by atoms with E-state index in [9.17, 15) is 8.42 Å². The van der Waals surface area contributed by atoms with Gasteiger partial charge >= 0.3 is 0 Å². The Balaban J connectivity index is 1.96. The molecule has 1 aromatic rings. The molecule has 1 aliphatic heterocycles. The molecule has 110 valence electrons. The van der Waals surface area contributed by atoms with Crippen LogP contribution in [-0.2, 0) is 16.6 Å². The van der Waals surface area contributed by atoms with Crippen LogP contribution in [0.15, 0.2) is 29.2 Å². The van der Waals surface area contributed by atoms with Crippen molar-refractivity contribution in [2.75, 3.05) is 6.54 Å². The van der Waals surface area contributed by atoms with E-state index in [4.69, 9.17) is 5.73 Å². The number of rotatable bonds is 3. The van der Waals surface area contributed by atoms with E-state index < -0.39 is 10.0 Å². The lowest BCUT2D eigenvalue weighted by molar-refractivity contribution is 0.260. The molecule has 1 saturated carbocycles. The highest BCUT2D eigenvalue weighted by atomic mass is 32.2. The van der Waals surface area contributed by atoms with Gasteiger partial charge in [-0.1, -0.05) is 31.0 Å². The normalized spacial score (nSPS) is 27.4. The molecule has 2 N–H and O–H groups in total. The van der Waals surface area contributed by atoms with Crippen LogP contribution >= 0.6 is 0 Å². The molecule has 0 radical (unpaired) electrons. The zero-order valence-corrected chi connectivity index (χ0v) is 12.5. The molecule has 0 aromatic heterocycles. The summed E-state index contributed by atoms with van der Waals surface area (Å²) in [6, 6.07) is 7.32. The van der Waals surface area contributed by atoms with Gasteiger partial charge in [0.05, 0.1) is 4.90 Å². The Morgan fingerprint density at radius 3 is 2.70 bits per heavy atom. The second kappa shape index (κ2) is 5.47. The van der Waals surface area contributed by atoms with Crippen molar-refractivity contribution >= 4 is 10.0 Å². The molecular formula is C15H22N2O2S. The fourth-order valence-electron chi connectivity index (χ4n) is 3.71. The summed E-state index contributed by atoms with van der Waals surface area (Å²) in [5.41, 5.74) is 6.41. The lowest BCUT2D eigenvalue weighted by Crippen LogP contribution is -2.39. The van der Waals surface area contributed by atoms with Crippen LogP contribution < -0.4 is 5.73 Å². The summed E-state index contributed by atoms with van der Waals surface area (Å²) in [5, 5.41) is 0. The summed E-state index contributed by atoms with van der Waals surface area (Å²) < 4.78 is 27.6. The maximum atomic E-state index is 12.9. The van der Waals surface area contributed by atoms with Crippen molar-refractivity contribution in [1.29, 1.82) is 0 Å². The van der Waals surface area contributed by atoms with Crippen molar-refractivity contribution in [2.24, 2.45) is 11.7 Å². The predicted octanol–water partition coefficient (Wildman–Crippen LogP) is 2.10. The van der Waals surface area contributed by atoms with Crippen LogP contribution in [0, 0.1) is 5.92 Å². The van der Waals surface area contributed by atoms with E-state index in [1.165, 1.54) is 12.8 Å². The third-order valence-electron chi connectivity index (χ3n) is 4.74. The number of sulfonamides is 1. The molecule has 0 spiro atoms. The highest BCUT2D eigenvalue weighted by molar-refractivity contribution is 7.89. The summed E-state index contributed by atoms with van der Waals surface area (Å²) in [6.07, 6.45) is 5.58. The van der Waals surface area contributed by atoms with E-state index in [1.807, 2.05) is 6.07 Å². The van der Waals surface area contributed by atoms with Gasteiger partial charge in [-0.05, 0) is 36.8 Å². The first kappa shape index (κ1) is 14.0. The first-order valence-electron chi connectivity index (χ1n) is 7.44. The number of hydrogen-bond donors (Lipinski definition) is 1. The van der Waals surface area contributed by atoms with Gasteiger partial charge in [0, 0.05) is 19.1 Å². The number of nitrogens with two attached hydrogens (primary N) is 1. The summed E-state index contributed by atoms with van der Waals surface area (Å²) in [5.74, 6) is 0.559. The van der Waals surface area contributed by atoms with Crippen molar-refractivity contribution in [3.63, 3.8) is 0 Å². The highest BCUT2D eigenvalue weighted by Crippen LogP contribution is 2.39. The van der Waals surface area contributed by atoms with E-state index in [2.05, 4.69) is 0 Å². The molecule has 0 amide bonds. The number of benzene rings is 1. The van der Waals surface area contributed by atoms with Crippen molar-refractivity contribution in [3.8, 4) is 0 Å². The van der Waals surface area contributed by atoms with E-state index in [-0.39, 0.29) is 12.6 Å². The standard InChI is InChI=1S/C15H22N2O2S/c16-11-13-6-2-4-8-15(13)20(18,19)17-10-9-12-5-1-3-7-14(12)17/h2,4,6,8,12,14H,1,3,5,7,9-11,16H2. The van der Waals surface area contributed by atoms with Gasteiger partial charge in [0.1, 0.15) is 0 Å². The Hall–Kier alpha value is -0.910. The van der Waals surface area contributed by atoms with E-state index >= 15 is 0 Å². The van der Waals surface area contributed by atoms with Crippen LogP contribution in [0.2, 0.25) is 0 Å². The minimum atomic E-state index is -3.40. The Labute approximate surface area is 121 Å². The zero-order chi connectivity index (χ0) is 14.2. The molecule has 1 heterocycles. The first-order chi connectivity index (χ1) is 9.64. The van der Waals surface area contributed by atoms with Gasteiger partial charge in [0.2, 0.25) is 10.0 Å². The quantitative estimate of drug-likeness (QED) is 0.928. The summed E-state index contributed by atoms with van der Waals surface area (Å²) in [6.45, 7) is 0.925. The SMILES string of the molecule is NCc1ccccc1S(=O)(=O)N1CCC2CCCCC21. The van der Waals surface area contributed by atoms with Crippen molar-refractivity contribution in [3.05, 3.63) is 29.8 Å². The van der Waals surface area contributed by atoms with Crippen LogP contribution in [0.4, 0.5) is 0 Å². The fraction of sp³-hybridized carbons (Fsp3) is 0.600. The van der Waals surface area contributed by atoms with E-state index in [1.54, 1.807) is 22.5 Å². The van der Waals surface area contributed by atoms with Gasteiger partial charge in [-0.15, -0.1) is 0 Å². The van der Waals surface area contributed by atoms with Gasteiger partial charge < -0.3 is 5.73 Å². The summed E-state index contributed by atoms with van der Waals surface area (Å²) >= 11 is 0. The molecule has 1 aromatic carbocycles. The second-order valence-corrected chi connectivity index (χ2v) is 7.69. The molecule has 5 heteroatoms. The van der Waals surface area contributed by atoms with Gasteiger partial charge in [-0.2, -0.15) is 4.31 Å². The fourth-order valence-corrected chi connectivity index (χ4v) is 5.68. The monoisotopic (exact) mass is 294 g/mol. The number of hydrogen-bond acceptors (Lipinski definition) is 3. The summed E-state index contributed by atoms with van der Waals surface area (Å²) in [4.78, 5) is 0.397. The molecule has 1 aliphatic carbocycles. The Kier molecular flexibility index (Phi) is 3.84. The van der Waals surface area contributed by atoms with Crippen LogP contribution in [0.1, 0.15) is 37.7 Å². The van der Waals surface area contributed by atoms with E-state index in [0.717, 1.165) is 19.3 Å². The van der Waals surface area contributed by atoms with Crippen LogP contribution in [-0.4, -0.2) is 25.3 Å². The highest BCUT2D eigenvalue weighted by Gasteiger charge is 2.42. The van der Waals surface area contributed by atoms with Crippen LogP contribution in [0.5, 0.6) is 0 Å². The van der Waals surface area contributed by atoms with Gasteiger partial charge in [-0.25, -0.2) is 8.42 Å². The third-order valence-corrected chi connectivity index (χ3v) is 6.76. The van der Waals surface area contributed by atoms with Crippen LogP contribution in [0.25, 0.3) is 0 Å². The molecule has 2 fully saturated rings. The minimum Gasteiger partial charge on any atom is -0.326 e. The molecule has 2 aliphatic rings. The maximum absolute atomic E-state index is 12.9. The average molecular weight is 294 g/mol. The number of fused-ring (bicyclic) bond motifs is 1. The Morgan fingerprint density at radius 2 is 1.90 bits per heavy atom. The lowest BCUT2D eigenvalue weighted by Gasteiger charge is -2.31. The topological polar surface area (TPSA) is 63.4 Å². The molecule has 3 rings (SSSR count). The van der Waals surface area contributed by atoms with Crippen molar-refractivity contribution in [2.45, 2.75) is 49.6 Å². The Morgan fingerprint density at radius 1 is 1.15 bits per heavy atom. The number of nitrogens with zero attached hydrogens (tertiary/aromatic N) is 1. The minimum absolute atomic E-state index is 0.208. The molecule has 0 bridgehead atoms. The first-order valence-corrected chi connectivity index (χ1v) is 8.88. The molecule has 1 saturated heterocycles. The molecule has 2 atom stereocenters. The Bertz CT molecular complexity index is 585. The van der Waals surface area contributed by atoms with Gasteiger partial charge in [0.15, 0.2) is 0 Å². The van der Waals surface area contributed by atoms with Crippen molar-refractivity contribution in [1.82, 2.24) is 4.31 Å². The summed E-state index contributed by atoms with van der Waals surface area (Å²) in [7, 11) is -3.40. The van der Waals surface area contributed by atoms with E-state index in [0.29, 0.717) is 22.9 Å². The lowest BCUT2D eigenvalue weighted by atomic mass is 9.86. The van der Waals surface area contributed by atoms with Crippen molar-refractivity contribution < 1.29 is 8.42 Å².